The van der Waals surface area contributed by atoms with Crippen LogP contribution in [0.3, 0.4) is 0 Å². The molecular weight excluding hydrogens is 410 g/mol. The van der Waals surface area contributed by atoms with E-state index in [1.807, 2.05) is 24.3 Å². The Morgan fingerprint density at radius 2 is 1.27 bits per heavy atom. The Hall–Kier alpha value is -3.80. The molecule has 1 aliphatic heterocycles. The van der Waals surface area contributed by atoms with Gasteiger partial charge in [-0.15, -0.1) is 0 Å². The van der Waals surface area contributed by atoms with E-state index in [2.05, 4.69) is 35.2 Å². The number of ether oxygens (including phenoxy) is 2. The summed E-state index contributed by atoms with van der Waals surface area (Å²) in [6, 6.07) is 25.6. The molecule has 0 spiro atoms. The number of fused-ring (bicyclic) bond motifs is 1. The number of benzene rings is 3. The number of hydrogen-bond donors (Lipinski definition) is 0. The zero-order chi connectivity index (χ0) is 22.9. The highest BCUT2D eigenvalue weighted by Gasteiger charge is 2.18. The van der Waals surface area contributed by atoms with Gasteiger partial charge in [0.2, 0.25) is 0 Å². The second-order valence-corrected chi connectivity index (χ2v) is 8.24. The predicted octanol–water partition coefficient (Wildman–Crippen LogP) is 5.23. The number of nitrogens with zero attached hydrogens (tertiary/aromatic N) is 3. The average molecular weight is 438 g/mol. The molecule has 0 radical (unpaired) electrons. The summed E-state index contributed by atoms with van der Waals surface area (Å²) in [5, 5.41) is 17.7. The van der Waals surface area contributed by atoms with Crippen molar-refractivity contribution in [3.8, 4) is 23.6 Å². The minimum absolute atomic E-state index is 0.647. The molecular formula is C28H27N3O2. The van der Waals surface area contributed by atoms with Crippen LogP contribution in [0, 0.1) is 22.7 Å². The monoisotopic (exact) mass is 437 g/mol. The summed E-state index contributed by atoms with van der Waals surface area (Å²) in [6.07, 6.45) is 2.91. The third-order valence-corrected chi connectivity index (χ3v) is 5.79. The van der Waals surface area contributed by atoms with Crippen LogP contribution >= 0.6 is 0 Å². The summed E-state index contributed by atoms with van der Waals surface area (Å²) in [4.78, 5) is 2.46. The molecule has 0 amide bonds. The van der Waals surface area contributed by atoms with Crippen LogP contribution in [-0.2, 0) is 19.5 Å². The van der Waals surface area contributed by atoms with Crippen molar-refractivity contribution in [2.45, 2.75) is 32.4 Å². The van der Waals surface area contributed by atoms with Gasteiger partial charge in [0.25, 0.3) is 0 Å². The molecule has 0 saturated heterocycles. The highest BCUT2D eigenvalue weighted by Crippen LogP contribution is 2.24. The lowest BCUT2D eigenvalue weighted by atomic mass is 10.0. The summed E-state index contributed by atoms with van der Waals surface area (Å²) < 4.78 is 11.6. The van der Waals surface area contributed by atoms with Crippen molar-refractivity contribution in [3.05, 3.63) is 94.5 Å². The van der Waals surface area contributed by atoms with Gasteiger partial charge in [-0.25, -0.2) is 0 Å². The van der Waals surface area contributed by atoms with Gasteiger partial charge >= 0.3 is 0 Å². The Kier molecular flexibility index (Phi) is 7.59. The molecule has 5 heteroatoms. The molecule has 0 atom stereocenters. The summed E-state index contributed by atoms with van der Waals surface area (Å²) in [7, 11) is 0. The van der Waals surface area contributed by atoms with E-state index in [-0.39, 0.29) is 0 Å². The molecule has 1 heterocycles. The summed E-state index contributed by atoms with van der Waals surface area (Å²) in [5.74, 6) is 1.62. The number of rotatable bonds is 10. The largest absolute Gasteiger partial charge is 0.494 e. The Morgan fingerprint density at radius 3 is 1.88 bits per heavy atom. The van der Waals surface area contributed by atoms with Crippen LogP contribution in [0.25, 0.3) is 0 Å². The molecule has 33 heavy (non-hydrogen) atoms. The first-order valence-electron chi connectivity index (χ1n) is 11.3. The van der Waals surface area contributed by atoms with Gasteiger partial charge < -0.3 is 9.47 Å². The molecule has 166 valence electrons. The van der Waals surface area contributed by atoms with Crippen LogP contribution < -0.4 is 9.47 Å². The highest BCUT2D eigenvalue weighted by atomic mass is 16.5. The third-order valence-electron chi connectivity index (χ3n) is 5.79. The molecule has 3 aromatic rings. The quantitative estimate of drug-likeness (QED) is 0.407. The van der Waals surface area contributed by atoms with Gasteiger partial charge in [0.05, 0.1) is 36.5 Å². The Bertz CT molecular complexity index is 1140. The van der Waals surface area contributed by atoms with Crippen LogP contribution in [0.2, 0.25) is 0 Å². The van der Waals surface area contributed by atoms with E-state index < -0.39 is 0 Å². The van der Waals surface area contributed by atoms with E-state index in [1.165, 1.54) is 16.7 Å². The summed E-state index contributed by atoms with van der Waals surface area (Å²) in [5.41, 5.74) is 5.49. The van der Waals surface area contributed by atoms with E-state index in [0.717, 1.165) is 50.4 Å². The zero-order valence-corrected chi connectivity index (χ0v) is 18.7. The minimum atomic E-state index is 0.647. The van der Waals surface area contributed by atoms with Crippen molar-refractivity contribution in [3.63, 3.8) is 0 Å². The molecule has 0 unspecified atom stereocenters. The highest BCUT2D eigenvalue weighted by molar-refractivity contribution is 5.36. The predicted molar refractivity (Wildman–Crippen MR) is 127 cm³/mol. The van der Waals surface area contributed by atoms with Crippen molar-refractivity contribution in [2.75, 3.05) is 19.8 Å². The van der Waals surface area contributed by atoms with Crippen LogP contribution in [0.4, 0.5) is 0 Å². The van der Waals surface area contributed by atoms with Crippen molar-refractivity contribution >= 4 is 0 Å². The zero-order valence-electron chi connectivity index (χ0n) is 18.7. The second kappa shape index (κ2) is 11.2. The molecule has 0 fully saturated rings. The van der Waals surface area contributed by atoms with Gasteiger partial charge in [-0.3, -0.25) is 4.90 Å². The van der Waals surface area contributed by atoms with Gasteiger partial charge in [0.15, 0.2) is 0 Å². The van der Waals surface area contributed by atoms with Crippen LogP contribution in [-0.4, -0.2) is 24.7 Å². The Labute approximate surface area is 195 Å². The van der Waals surface area contributed by atoms with Crippen LogP contribution in [0.5, 0.6) is 11.5 Å². The Morgan fingerprint density at radius 1 is 0.697 bits per heavy atom. The number of nitriles is 2. The molecule has 0 aromatic heterocycles. The minimum Gasteiger partial charge on any atom is -0.494 e. The van der Waals surface area contributed by atoms with E-state index in [4.69, 9.17) is 20.0 Å². The fourth-order valence-corrected chi connectivity index (χ4v) is 4.03. The maximum atomic E-state index is 8.86. The maximum absolute atomic E-state index is 8.86. The topological polar surface area (TPSA) is 69.3 Å². The van der Waals surface area contributed by atoms with Crippen LogP contribution in [0.15, 0.2) is 66.7 Å². The first kappa shape index (κ1) is 22.4. The maximum Gasteiger partial charge on any atom is 0.119 e. The lowest BCUT2D eigenvalue weighted by Gasteiger charge is -2.14. The molecule has 0 bridgehead atoms. The molecule has 3 aromatic carbocycles. The lowest BCUT2D eigenvalue weighted by Crippen LogP contribution is -2.19. The van der Waals surface area contributed by atoms with Gasteiger partial charge in [-0.2, -0.15) is 10.5 Å². The SMILES string of the molecule is N#Cc1ccc(OCCCc2ccc3c(c2)CN(CCCOc2ccc(C#N)cc2)C3)cc1. The molecule has 0 saturated carbocycles. The van der Waals surface area contributed by atoms with E-state index in [9.17, 15) is 0 Å². The Balaban J connectivity index is 1.16. The standard InChI is InChI=1S/C28H27N3O2/c29-18-23-5-10-27(11-6-23)32-15-1-3-22-4-9-25-20-31(21-26(25)17-22)14-2-16-33-28-12-7-24(19-30)8-13-28/h4-13,17H,1-3,14-16,20-21H2. The number of hydrogen-bond acceptors (Lipinski definition) is 5. The van der Waals surface area contributed by atoms with Crippen molar-refractivity contribution in [2.24, 2.45) is 0 Å². The van der Waals surface area contributed by atoms with Crippen molar-refractivity contribution in [1.82, 2.24) is 4.90 Å². The molecule has 0 aliphatic carbocycles. The fraction of sp³-hybridized carbons (Fsp3) is 0.286. The number of aryl methyl sites for hydroxylation is 1. The van der Waals surface area contributed by atoms with E-state index >= 15 is 0 Å². The summed E-state index contributed by atoms with van der Waals surface area (Å²) >= 11 is 0. The van der Waals surface area contributed by atoms with E-state index in [1.54, 1.807) is 24.3 Å². The van der Waals surface area contributed by atoms with Crippen molar-refractivity contribution < 1.29 is 9.47 Å². The van der Waals surface area contributed by atoms with Crippen LogP contribution in [0.1, 0.15) is 40.7 Å². The molecule has 1 aliphatic rings. The third kappa shape index (κ3) is 6.35. The van der Waals surface area contributed by atoms with Gasteiger partial charge in [-0.1, -0.05) is 18.2 Å². The normalized spacial score (nSPS) is 12.5. The van der Waals surface area contributed by atoms with Gasteiger partial charge in [0, 0.05) is 19.6 Å². The van der Waals surface area contributed by atoms with E-state index in [0.29, 0.717) is 24.3 Å². The average Bonchev–Trinajstić information content (AvgIpc) is 3.27. The summed E-state index contributed by atoms with van der Waals surface area (Å²) in [6.45, 7) is 4.31. The second-order valence-electron chi connectivity index (χ2n) is 8.24. The molecule has 4 rings (SSSR count). The molecule has 5 nitrogen and oxygen atoms in total. The smallest absolute Gasteiger partial charge is 0.119 e. The van der Waals surface area contributed by atoms with Crippen molar-refractivity contribution in [1.29, 1.82) is 10.5 Å². The van der Waals surface area contributed by atoms with Gasteiger partial charge in [-0.05, 0) is 84.5 Å². The first-order chi connectivity index (χ1) is 16.2. The fourth-order valence-electron chi connectivity index (χ4n) is 4.03. The first-order valence-corrected chi connectivity index (χ1v) is 11.3. The molecule has 0 N–H and O–H groups in total. The van der Waals surface area contributed by atoms with Gasteiger partial charge in [0.1, 0.15) is 11.5 Å². The lowest BCUT2D eigenvalue weighted by molar-refractivity contribution is 0.238.